The maximum atomic E-state index is 12.0. The minimum absolute atomic E-state index is 0.226. The van der Waals surface area contributed by atoms with Crippen LogP contribution in [0.25, 0.3) is 0 Å². The number of anilines is 1. The third-order valence-electron chi connectivity index (χ3n) is 5.20. The number of ether oxygens (including phenoxy) is 2. The van der Waals surface area contributed by atoms with Crippen LogP contribution in [-0.2, 0) is 14.3 Å². The SMILES string of the molecule is CN(C)c1cnc(Br)nc1.COC(=O)CN(CCN(C)C(=O)OC(C)(C)C)C1CCCCC1. The van der Waals surface area contributed by atoms with Crippen molar-refractivity contribution >= 4 is 33.7 Å². The van der Waals surface area contributed by atoms with Gasteiger partial charge in [-0.25, -0.2) is 14.8 Å². The lowest BCUT2D eigenvalue weighted by Gasteiger charge is -2.34. The Morgan fingerprint density at radius 2 is 1.64 bits per heavy atom. The molecule has 188 valence electrons. The first-order chi connectivity index (χ1) is 15.4. The topological polar surface area (TPSA) is 88.1 Å². The molecule has 0 aromatic carbocycles. The lowest BCUT2D eigenvalue weighted by molar-refractivity contribution is -0.142. The van der Waals surface area contributed by atoms with E-state index in [-0.39, 0.29) is 18.6 Å². The van der Waals surface area contributed by atoms with Crippen LogP contribution in [-0.4, -0.2) is 91.4 Å². The summed E-state index contributed by atoms with van der Waals surface area (Å²) in [7, 11) is 7.04. The molecule has 1 saturated carbocycles. The van der Waals surface area contributed by atoms with Gasteiger partial charge in [0.1, 0.15) is 5.60 Å². The number of hydrogen-bond donors (Lipinski definition) is 0. The minimum Gasteiger partial charge on any atom is -0.468 e. The zero-order valence-corrected chi connectivity index (χ0v) is 22.7. The maximum absolute atomic E-state index is 12.0. The van der Waals surface area contributed by atoms with E-state index in [1.807, 2.05) is 39.8 Å². The van der Waals surface area contributed by atoms with Gasteiger partial charge in [-0.1, -0.05) is 19.3 Å². The summed E-state index contributed by atoms with van der Waals surface area (Å²) in [6, 6.07) is 0.398. The van der Waals surface area contributed by atoms with Gasteiger partial charge in [0.05, 0.1) is 31.7 Å². The molecule has 0 N–H and O–H groups in total. The van der Waals surface area contributed by atoms with Gasteiger partial charge >= 0.3 is 12.1 Å². The zero-order chi connectivity index (χ0) is 25.0. The number of hydrogen-bond acceptors (Lipinski definition) is 8. The van der Waals surface area contributed by atoms with Crippen LogP contribution in [0, 0.1) is 0 Å². The normalized spacial score (nSPS) is 14.2. The van der Waals surface area contributed by atoms with Gasteiger partial charge in [-0.2, -0.15) is 0 Å². The number of rotatable bonds is 7. The number of halogens is 1. The molecule has 1 aromatic rings. The summed E-state index contributed by atoms with van der Waals surface area (Å²) >= 11 is 3.15. The first-order valence-electron chi connectivity index (χ1n) is 11.3. The predicted octanol–water partition coefficient (Wildman–Crippen LogP) is 3.97. The first kappa shape index (κ1) is 29.1. The second kappa shape index (κ2) is 14.3. The van der Waals surface area contributed by atoms with Crippen molar-refractivity contribution in [1.82, 2.24) is 19.8 Å². The van der Waals surface area contributed by atoms with E-state index in [4.69, 9.17) is 9.47 Å². The fraction of sp³-hybridized carbons (Fsp3) is 0.739. The summed E-state index contributed by atoms with van der Waals surface area (Å²) < 4.78 is 10.8. The number of carbonyl (C=O) groups excluding carboxylic acids is 2. The number of methoxy groups -OCH3 is 1. The van der Waals surface area contributed by atoms with Crippen molar-refractivity contribution in [1.29, 1.82) is 0 Å². The van der Waals surface area contributed by atoms with Crippen LogP contribution in [0.5, 0.6) is 0 Å². The van der Waals surface area contributed by atoms with E-state index in [0.717, 1.165) is 18.5 Å². The van der Waals surface area contributed by atoms with Gasteiger partial charge in [-0.15, -0.1) is 0 Å². The van der Waals surface area contributed by atoms with E-state index in [0.29, 0.717) is 23.9 Å². The van der Waals surface area contributed by atoms with E-state index in [2.05, 4.69) is 30.8 Å². The highest BCUT2D eigenvalue weighted by Gasteiger charge is 2.25. The molecule has 0 radical (unpaired) electrons. The van der Waals surface area contributed by atoms with Crippen LogP contribution in [0.15, 0.2) is 17.1 Å². The Morgan fingerprint density at radius 1 is 1.06 bits per heavy atom. The van der Waals surface area contributed by atoms with Gasteiger partial charge in [0.25, 0.3) is 0 Å². The molecule has 1 fully saturated rings. The van der Waals surface area contributed by atoms with E-state index in [1.165, 1.54) is 26.4 Å². The second-order valence-corrected chi connectivity index (χ2v) is 10.1. The predicted molar refractivity (Wildman–Crippen MR) is 133 cm³/mol. The van der Waals surface area contributed by atoms with Crippen LogP contribution in [0.4, 0.5) is 10.5 Å². The van der Waals surface area contributed by atoms with Gasteiger partial charge in [-0.05, 0) is 49.5 Å². The Hall–Kier alpha value is -1.94. The van der Waals surface area contributed by atoms with Crippen molar-refractivity contribution in [3.05, 3.63) is 17.1 Å². The molecule has 0 atom stereocenters. The van der Waals surface area contributed by atoms with E-state index in [1.54, 1.807) is 24.3 Å². The molecule has 0 spiro atoms. The van der Waals surface area contributed by atoms with Crippen molar-refractivity contribution in [3.63, 3.8) is 0 Å². The van der Waals surface area contributed by atoms with Crippen LogP contribution < -0.4 is 4.90 Å². The molecular formula is C23H40BrN5O4. The molecule has 1 heterocycles. The minimum atomic E-state index is -0.500. The zero-order valence-electron chi connectivity index (χ0n) is 21.1. The number of likely N-dealkylation sites (N-methyl/N-ethyl adjacent to an activating group) is 1. The fourth-order valence-corrected chi connectivity index (χ4v) is 3.52. The molecule has 33 heavy (non-hydrogen) atoms. The second-order valence-electron chi connectivity index (χ2n) is 9.35. The van der Waals surface area contributed by atoms with Crippen LogP contribution in [0.3, 0.4) is 0 Å². The molecule has 2 rings (SSSR count). The molecule has 0 unspecified atom stereocenters. The average molecular weight is 531 g/mol. The fourth-order valence-electron chi connectivity index (χ4n) is 3.31. The quantitative estimate of drug-likeness (QED) is 0.387. The summed E-state index contributed by atoms with van der Waals surface area (Å²) in [5, 5.41) is 0. The average Bonchev–Trinajstić information content (AvgIpc) is 2.76. The van der Waals surface area contributed by atoms with Gasteiger partial charge in [0, 0.05) is 40.3 Å². The summed E-state index contributed by atoms with van der Waals surface area (Å²) in [5.74, 6) is -0.226. The highest BCUT2D eigenvalue weighted by molar-refractivity contribution is 9.10. The number of esters is 1. The Bertz CT molecular complexity index is 719. The summed E-state index contributed by atoms with van der Waals surface area (Å²) in [6.07, 6.45) is 9.06. The lowest BCUT2D eigenvalue weighted by atomic mass is 9.94. The molecule has 9 nitrogen and oxygen atoms in total. The Kier molecular flexibility index (Phi) is 12.7. The number of nitrogens with zero attached hydrogens (tertiary/aromatic N) is 5. The van der Waals surface area contributed by atoms with Crippen molar-refractivity contribution in [2.24, 2.45) is 0 Å². The number of carbonyl (C=O) groups is 2. The van der Waals surface area contributed by atoms with Gasteiger partial charge in [0.15, 0.2) is 4.73 Å². The molecule has 0 bridgehead atoms. The number of amides is 1. The van der Waals surface area contributed by atoms with Crippen molar-refractivity contribution in [3.8, 4) is 0 Å². The molecule has 1 aromatic heterocycles. The van der Waals surface area contributed by atoms with Crippen LogP contribution in [0.2, 0.25) is 0 Å². The van der Waals surface area contributed by atoms with E-state index >= 15 is 0 Å². The Balaban J connectivity index is 0.000000451. The summed E-state index contributed by atoms with van der Waals surface area (Å²) in [6.45, 7) is 7.01. The van der Waals surface area contributed by atoms with E-state index < -0.39 is 5.60 Å². The third kappa shape index (κ3) is 12.2. The largest absolute Gasteiger partial charge is 0.468 e. The molecule has 10 heteroatoms. The molecule has 0 saturated heterocycles. The Labute approximate surface area is 207 Å². The third-order valence-corrected chi connectivity index (χ3v) is 5.61. The van der Waals surface area contributed by atoms with Gasteiger partial charge < -0.3 is 19.3 Å². The highest BCUT2D eigenvalue weighted by atomic mass is 79.9. The van der Waals surface area contributed by atoms with Crippen molar-refractivity contribution in [2.75, 3.05) is 52.8 Å². The summed E-state index contributed by atoms with van der Waals surface area (Å²) in [5.41, 5.74) is 0.503. The summed E-state index contributed by atoms with van der Waals surface area (Å²) in [4.78, 5) is 37.3. The Morgan fingerprint density at radius 3 is 2.12 bits per heavy atom. The molecule has 1 aliphatic carbocycles. The smallest absolute Gasteiger partial charge is 0.410 e. The standard InChI is InChI=1S/C17H32N2O4.C6H8BrN3/c1-17(2,3)23-16(21)18(4)11-12-19(13-15(20)22-5)14-9-7-6-8-10-14;1-10(2)5-3-8-6(7)9-4-5/h14H,6-13H2,1-5H3;3-4H,1-2H3. The number of aromatic nitrogens is 2. The van der Waals surface area contributed by atoms with Crippen LogP contribution >= 0.6 is 15.9 Å². The van der Waals surface area contributed by atoms with Crippen LogP contribution in [0.1, 0.15) is 52.9 Å². The molecular weight excluding hydrogens is 490 g/mol. The van der Waals surface area contributed by atoms with Gasteiger partial charge in [0.2, 0.25) is 0 Å². The first-order valence-corrected chi connectivity index (χ1v) is 12.1. The molecule has 0 aliphatic heterocycles. The van der Waals surface area contributed by atoms with E-state index in [9.17, 15) is 9.59 Å². The highest BCUT2D eigenvalue weighted by Crippen LogP contribution is 2.22. The monoisotopic (exact) mass is 529 g/mol. The van der Waals surface area contributed by atoms with Crippen molar-refractivity contribution < 1.29 is 19.1 Å². The molecule has 1 amide bonds. The molecule has 1 aliphatic rings. The maximum Gasteiger partial charge on any atom is 0.410 e. The van der Waals surface area contributed by atoms with Crippen molar-refractivity contribution in [2.45, 2.75) is 64.5 Å². The van der Waals surface area contributed by atoms with Gasteiger partial charge in [-0.3, -0.25) is 9.69 Å². The lowest BCUT2D eigenvalue weighted by Crippen LogP contribution is -2.45.